The molecule has 0 fully saturated rings. The second-order valence-corrected chi connectivity index (χ2v) is 8.30. The summed E-state index contributed by atoms with van der Waals surface area (Å²) in [6, 6.07) is 12.8. The van der Waals surface area contributed by atoms with Crippen molar-refractivity contribution in [1.29, 1.82) is 0 Å². The van der Waals surface area contributed by atoms with Gasteiger partial charge in [-0.2, -0.15) is 0 Å². The molecule has 0 aliphatic rings. The molecule has 4 N–H and O–H groups in total. The van der Waals surface area contributed by atoms with Crippen molar-refractivity contribution in [3.63, 3.8) is 0 Å². The Kier molecular flexibility index (Phi) is 6.61. The molecule has 1 aromatic heterocycles. The fourth-order valence-electron chi connectivity index (χ4n) is 2.64. The number of amides is 1. The summed E-state index contributed by atoms with van der Waals surface area (Å²) in [5.41, 5.74) is 8.21. The molecule has 12 nitrogen and oxygen atoms in total. The summed E-state index contributed by atoms with van der Waals surface area (Å²) in [7, 11) is -4.03. The Hall–Kier alpha value is -4.10. The van der Waals surface area contributed by atoms with Gasteiger partial charge in [0.1, 0.15) is 6.33 Å². The highest BCUT2D eigenvalue weighted by Gasteiger charge is 2.25. The number of aromatic nitrogens is 2. The van der Waals surface area contributed by atoms with Gasteiger partial charge in [0, 0.05) is 5.56 Å². The van der Waals surface area contributed by atoms with Gasteiger partial charge < -0.3 is 0 Å². The smallest absolute Gasteiger partial charge is 0.286 e. The van der Waals surface area contributed by atoms with E-state index in [0.29, 0.717) is 11.1 Å². The minimum absolute atomic E-state index is 0.0452. The predicted octanol–water partition coefficient (Wildman–Crippen LogP) is 2.06. The number of hydrogen-bond acceptors (Lipinski definition) is 9. The van der Waals surface area contributed by atoms with Crippen molar-refractivity contribution in [2.24, 2.45) is 0 Å². The van der Waals surface area contributed by atoms with Crippen molar-refractivity contribution in [2.75, 3.05) is 10.9 Å². The van der Waals surface area contributed by atoms with Gasteiger partial charge in [0.25, 0.3) is 15.9 Å². The molecule has 166 valence electrons. The monoisotopic (exact) mass is 457 g/mol. The first kappa shape index (κ1) is 22.6. The van der Waals surface area contributed by atoms with Crippen LogP contribution in [0, 0.1) is 24.0 Å². The molecule has 0 spiro atoms. The number of hydrogen-bond donors (Lipinski definition) is 4. The maximum atomic E-state index is 12.4. The Morgan fingerprint density at radius 1 is 0.969 bits per heavy atom. The summed E-state index contributed by atoms with van der Waals surface area (Å²) in [4.78, 5) is 32.6. The van der Waals surface area contributed by atoms with Crippen LogP contribution >= 0.6 is 0 Å². The van der Waals surface area contributed by atoms with Gasteiger partial charge in [-0.1, -0.05) is 35.9 Å². The van der Waals surface area contributed by atoms with Crippen LogP contribution in [-0.4, -0.2) is 29.2 Å². The molecule has 0 aliphatic carbocycles. The molecule has 1 amide bonds. The molecule has 0 saturated carbocycles. The van der Waals surface area contributed by atoms with Crippen LogP contribution in [0.2, 0.25) is 0 Å². The SMILES string of the molecule is Cc1ccc(S(=O)(=O)NNc2ncnc(NNC(=O)c3ccccc3C)c2[N+](=O)[O-])cc1. The Labute approximate surface area is 183 Å². The summed E-state index contributed by atoms with van der Waals surface area (Å²) in [6.07, 6.45) is 0.970. The van der Waals surface area contributed by atoms with Crippen LogP contribution < -0.4 is 21.1 Å². The molecule has 32 heavy (non-hydrogen) atoms. The van der Waals surface area contributed by atoms with Crippen LogP contribution in [0.25, 0.3) is 0 Å². The van der Waals surface area contributed by atoms with E-state index in [2.05, 4.69) is 26.2 Å². The minimum atomic E-state index is -4.03. The van der Waals surface area contributed by atoms with Crippen LogP contribution in [0.3, 0.4) is 0 Å². The lowest BCUT2D eigenvalue weighted by Gasteiger charge is -2.12. The van der Waals surface area contributed by atoms with Gasteiger partial charge >= 0.3 is 5.69 Å². The van der Waals surface area contributed by atoms with Gasteiger partial charge in [0.2, 0.25) is 11.6 Å². The van der Waals surface area contributed by atoms with Gasteiger partial charge in [-0.05, 0) is 37.6 Å². The first-order valence-corrected chi connectivity index (χ1v) is 10.6. The first-order chi connectivity index (χ1) is 15.2. The zero-order chi connectivity index (χ0) is 23.3. The van der Waals surface area contributed by atoms with E-state index in [9.17, 15) is 23.3 Å². The molecule has 1 heterocycles. The van der Waals surface area contributed by atoms with E-state index < -0.39 is 32.4 Å². The maximum Gasteiger partial charge on any atom is 0.356 e. The fraction of sp³-hybridized carbons (Fsp3) is 0.105. The number of anilines is 2. The number of benzene rings is 2. The largest absolute Gasteiger partial charge is 0.356 e. The van der Waals surface area contributed by atoms with E-state index in [-0.39, 0.29) is 10.7 Å². The van der Waals surface area contributed by atoms with Gasteiger partial charge in [0.15, 0.2) is 0 Å². The van der Waals surface area contributed by atoms with Crippen LogP contribution in [0.15, 0.2) is 59.8 Å². The Morgan fingerprint density at radius 3 is 2.22 bits per heavy atom. The molecular formula is C19H19N7O5S. The van der Waals surface area contributed by atoms with Gasteiger partial charge in [-0.15, -0.1) is 4.83 Å². The van der Waals surface area contributed by atoms with Crippen LogP contribution in [0.1, 0.15) is 21.5 Å². The molecule has 13 heteroatoms. The number of carbonyl (C=O) groups is 1. The number of nitro groups is 1. The van der Waals surface area contributed by atoms with Gasteiger partial charge in [0.05, 0.1) is 9.82 Å². The fourth-order valence-corrected chi connectivity index (χ4v) is 3.48. The predicted molar refractivity (Wildman–Crippen MR) is 116 cm³/mol. The van der Waals surface area contributed by atoms with Gasteiger partial charge in [-0.3, -0.25) is 31.2 Å². The van der Waals surface area contributed by atoms with Crippen molar-refractivity contribution in [1.82, 2.24) is 20.2 Å². The summed E-state index contributed by atoms with van der Waals surface area (Å²) < 4.78 is 24.9. The van der Waals surface area contributed by atoms with Gasteiger partial charge in [-0.25, -0.2) is 18.4 Å². The van der Waals surface area contributed by atoms with E-state index in [1.54, 1.807) is 50.2 Å². The average Bonchev–Trinajstić information content (AvgIpc) is 2.76. The lowest BCUT2D eigenvalue weighted by molar-refractivity contribution is -0.383. The highest BCUT2D eigenvalue weighted by Crippen LogP contribution is 2.28. The molecule has 0 radical (unpaired) electrons. The Bertz CT molecular complexity index is 1260. The molecule has 2 aromatic carbocycles. The molecular weight excluding hydrogens is 438 g/mol. The van der Waals surface area contributed by atoms with Crippen molar-refractivity contribution >= 4 is 33.3 Å². The average molecular weight is 457 g/mol. The van der Waals surface area contributed by atoms with Crippen molar-refractivity contribution in [2.45, 2.75) is 18.7 Å². The molecule has 0 bridgehead atoms. The summed E-state index contributed by atoms with van der Waals surface area (Å²) in [5.74, 6) is -1.30. The maximum absolute atomic E-state index is 12.4. The number of aryl methyl sites for hydroxylation is 2. The second-order valence-electron chi connectivity index (χ2n) is 6.61. The number of hydrazine groups is 2. The number of carbonyl (C=O) groups excluding carboxylic acids is 1. The van der Waals surface area contributed by atoms with Crippen LogP contribution in [0.4, 0.5) is 17.3 Å². The number of nitrogens with one attached hydrogen (secondary N) is 4. The van der Waals surface area contributed by atoms with Crippen molar-refractivity contribution < 1.29 is 18.1 Å². The minimum Gasteiger partial charge on any atom is -0.286 e. The Morgan fingerprint density at radius 2 is 1.59 bits per heavy atom. The van der Waals surface area contributed by atoms with E-state index in [4.69, 9.17) is 0 Å². The van der Waals surface area contributed by atoms with Crippen molar-refractivity contribution in [3.05, 3.63) is 81.7 Å². The summed E-state index contributed by atoms with van der Waals surface area (Å²) in [6.45, 7) is 3.54. The molecule has 3 rings (SSSR count). The normalized spacial score (nSPS) is 10.9. The third-order valence-corrected chi connectivity index (χ3v) is 5.59. The van der Waals surface area contributed by atoms with E-state index in [1.165, 1.54) is 12.1 Å². The highest BCUT2D eigenvalue weighted by atomic mass is 32.2. The van der Waals surface area contributed by atoms with Crippen LogP contribution in [0.5, 0.6) is 0 Å². The quantitative estimate of drug-likeness (QED) is 0.292. The molecule has 3 aromatic rings. The number of nitrogens with zero attached hydrogens (tertiary/aromatic N) is 3. The van der Waals surface area contributed by atoms with Crippen LogP contribution in [-0.2, 0) is 10.0 Å². The summed E-state index contributed by atoms with van der Waals surface area (Å²) in [5, 5.41) is 11.6. The Balaban J connectivity index is 1.79. The second kappa shape index (κ2) is 9.36. The number of rotatable bonds is 8. The van der Waals surface area contributed by atoms with Crippen molar-refractivity contribution in [3.8, 4) is 0 Å². The first-order valence-electron chi connectivity index (χ1n) is 9.15. The molecule has 0 saturated heterocycles. The summed E-state index contributed by atoms with van der Waals surface area (Å²) >= 11 is 0. The standard InChI is InChI=1S/C19H19N7O5S/c1-12-7-9-14(10-8-12)32(30,31)25-23-18-16(26(28)29)17(20-11-21-18)22-24-19(27)15-6-4-3-5-13(15)2/h3-11,25H,1-2H3,(H,24,27)(H2,20,21,22,23). The highest BCUT2D eigenvalue weighted by molar-refractivity contribution is 7.89. The number of sulfonamides is 1. The molecule has 0 unspecified atom stereocenters. The molecule has 0 aliphatic heterocycles. The zero-order valence-corrected chi connectivity index (χ0v) is 17.8. The molecule has 0 atom stereocenters. The van der Waals surface area contributed by atoms with E-state index in [0.717, 1.165) is 11.9 Å². The topological polar surface area (TPSA) is 168 Å². The third kappa shape index (κ3) is 5.14. The zero-order valence-electron chi connectivity index (χ0n) is 17.0. The lowest BCUT2D eigenvalue weighted by atomic mass is 10.1. The lowest BCUT2D eigenvalue weighted by Crippen LogP contribution is -2.32. The third-order valence-electron chi connectivity index (χ3n) is 4.32. The van der Waals surface area contributed by atoms with E-state index in [1.807, 2.05) is 4.83 Å². The van der Waals surface area contributed by atoms with E-state index >= 15 is 0 Å².